The summed E-state index contributed by atoms with van der Waals surface area (Å²) in [6.07, 6.45) is 4.83. The molecule has 37 heteroatoms. The maximum atomic E-state index is 15.8. The Kier molecular flexibility index (Phi) is 29.2. The normalized spacial score (nSPS) is 15.4. The summed E-state index contributed by atoms with van der Waals surface area (Å²) in [6.45, 7) is 22.8. The molecule has 3 aliphatic rings. The first kappa shape index (κ1) is 91.1. The number of nitrogens with one attached hydrogen (secondary N) is 3. The van der Waals surface area contributed by atoms with Gasteiger partial charge < -0.3 is 53.9 Å². The molecule has 4 aromatic heterocycles. The number of fused-ring (bicyclic) bond motifs is 1. The molecule has 0 saturated carbocycles. The zero-order valence-corrected chi connectivity index (χ0v) is 73.0. The van der Waals surface area contributed by atoms with Gasteiger partial charge in [0.25, 0.3) is 19.9 Å². The standard InChI is InChI=1S/C57H66ClF4N6O11PS4.C27H32F2N8/c1-38(2)68-39(3)55(82(4,73)74)53(54(68)40-11-13-43(58)14-12-40)42-33-44(59)35-48(34-42)67-29-27-66(28-30-67)47-17-15-45(16-18-47)64-84(77,78)50-19-20-51(52(36-50)83(75,76)57(60,61)62)63-46(37-81-49-9-6-5-7-10-49)23-26-65-24-21-41(22-25-65)56(69)79-31-8-32-80(70,71)72;1-5-35-8-10-36(11-9-35)16-19-6-7-24(30-14-19)33-27-31-15-22(29)25(34-27)20-12-21(28)26-23(13-20)37(17(2)3)18(4)32-26/h5-7,9-20,33-36,38,41,46,63-64H,8,21-32,37H2,1-4H3,(H2,70,71,72);6-7,12-15,17H,5,8-11,16H2,1-4H3,(H,30,31,33,34). The Morgan fingerprint density at radius 2 is 1.36 bits per heavy atom. The van der Waals surface area contributed by atoms with Crippen LogP contribution in [0.25, 0.3) is 44.7 Å². The number of likely N-dealkylation sites (tertiary alicyclic amines) is 1. The number of piperazine rings is 2. The third-order valence-corrected chi connectivity index (χ3v) is 28.0. The number of nitrogens with zero attached hydrogens (tertiary/aromatic N) is 11. The van der Waals surface area contributed by atoms with Crippen LogP contribution in [0.15, 0.2) is 172 Å². The van der Waals surface area contributed by atoms with E-state index in [0.29, 0.717) is 138 Å². The predicted molar refractivity (Wildman–Crippen MR) is 461 cm³/mol. The number of alkyl halides is 3. The SMILES string of the molecule is CCN1CCN(Cc2ccc(Nc3ncc(F)c(-c4cc(F)c5nc(C)n(C(C)C)c5c4)n3)nc2)CC1.Cc1c(S(C)(=O)=O)c(-c2cc(F)cc(N3CCN(c4ccc(NS(=O)(=O)c5ccc(NC(CCN6CCC(C(=O)OCCCP(=O)(O)O)CC6)CSc6ccccc6)c(S(=O)(=O)C(F)(F)F)c5)cc4)CC3)c2)c(-c2ccc(Cl)cc2)n1C(C)C. The minimum absolute atomic E-state index is 0.00954. The number of imidazole rings is 1. The lowest BCUT2D eigenvalue weighted by Crippen LogP contribution is -2.46. The minimum Gasteiger partial charge on any atom is -0.465 e. The molecule has 648 valence electrons. The summed E-state index contributed by atoms with van der Waals surface area (Å²) in [7, 11) is -18.9. The molecule has 3 fully saturated rings. The van der Waals surface area contributed by atoms with E-state index in [9.17, 15) is 56.6 Å². The summed E-state index contributed by atoms with van der Waals surface area (Å²) in [6, 6.07) is 35.6. The number of anilines is 6. The number of ether oxygens (including phenoxy) is 1. The molecule has 0 spiro atoms. The molecule has 121 heavy (non-hydrogen) atoms. The van der Waals surface area contributed by atoms with Crippen LogP contribution in [0, 0.1) is 37.2 Å². The summed E-state index contributed by atoms with van der Waals surface area (Å²) >= 11 is 7.63. The number of thioether (sulfide) groups is 1. The van der Waals surface area contributed by atoms with Gasteiger partial charge in [0, 0.05) is 146 Å². The van der Waals surface area contributed by atoms with Gasteiger partial charge in [-0.2, -0.15) is 13.2 Å². The van der Waals surface area contributed by atoms with E-state index in [-0.39, 0.29) is 58.6 Å². The molecule has 13 rings (SSSR count). The number of sulfone groups is 2. The number of carbonyl (C=O) groups is 1. The van der Waals surface area contributed by atoms with Crippen LogP contribution in [0.2, 0.25) is 5.02 Å². The molecule has 6 aromatic carbocycles. The molecule has 3 saturated heterocycles. The smallest absolute Gasteiger partial charge is 0.465 e. The summed E-state index contributed by atoms with van der Waals surface area (Å²) in [4.78, 5) is 57.9. The van der Waals surface area contributed by atoms with Crippen LogP contribution in [0.4, 0.5) is 60.9 Å². The Labute approximate surface area is 710 Å². The van der Waals surface area contributed by atoms with Crippen molar-refractivity contribution in [1.82, 2.24) is 43.8 Å². The number of likely N-dealkylation sites (N-methyl/N-ethyl adjacent to an activating group) is 1. The summed E-state index contributed by atoms with van der Waals surface area (Å²) in [5, 5.41) is 6.53. The molecule has 0 bridgehead atoms. The van der Waals surface area contributed by atoms with Crippen molar-refractivity contribution in [3.8, 4) is 33.6 Å². The van der Waals surface area contributed by atoms with Crippen LogP contribution in [0.3, 0.4) is 0 Å². The van der Waals surface area contributed by atoms with Crippen molar-refractivity contribution in [3.63, 3.8) is 0 Å². The average molecular weight is 1790 g/mol. The van der Waals surface area contributed by atoms with E-state index in [1.165, 1.54) is 42.1 Å². The van der Waals surface area contributed by atoms with Gasteiger partial charge in [-0.1, -0.05) is 54.9 Å². The molecule has 0 radical (unpaired) electrons. The first-order valence-electron chi connectivity index (χ1n) is 39.7. The molecule has 3 aliphatic heterocycles. The number of rotatable bonds is 30. The number of esters is 1. The first-order valence-corrected chi connectivity index (χ1v) is 47.7. The fourth-order valence-electron chi connectivity index (χ4n) is 15.5. The van der Waals surface area contributed by atoms with Gasteiger partial charge in [-0.3, -0.25) is 19.0 Å². The molecular weight excluding hydrogens is 1690 g/mol. The van der Waals surface area contributed by atoms with Gasteiger partial charge in [-0.05, 0) is 207 Å². The molecule has 0 amide bonds. The number of sulfonamides is 1. The zero-order valence-electron chi connectivity index (χ0n) is 68.1. The number of halogens is 7. The first-order chi connectivity index (χ1) is 57.3. The Morgan fingerprint density at radius 1 is 0.702 bits per heavy atom. The van der Waals surface area contributed by atoms with E-state index in [0.717, 1.165) is 74.3 Å². The molecule has 1 atom stereocenters. The van der Waals surface area contributed by atoms with Gasteiger partial charge in [0.1, 0.15) is 33.6 Å². The fourth-order valence-corrected chi connectivity index (χ4v) is 20.5. The molecule has 5 N–H and O–H groups in total. The zero-order chi connectivity index (χ0) is 87.0. The van der Waals surface area contributed by atoms with Gasteiger partial charge in [0.15, 0.2) is 21.5 Å². The summed E-state index contributed by atoms with van der Waals surface area (Å²) in [5.74, 6) is -0.919. The van der Waals surface area contributed by atoms with Crippen molar-refractivity contribution in [2.24, 2.45) is 5.92 Å². The van der Waals surface area contributed by atoms with Gasteiger partial charge >= 0.3 is 19.1 Å². The van der Waals surface area contributed by atoms with Crippen molar-refractivity contribution in [1.29, 1.82) is 0 Å². The number of carbonyl (C=O) groups excluding carboxylic acids is 1. The van der Waals surface area contributed by atoms with Crippen molar-refractivity contribution in [3.05, 3.63) is 191 Å². The van der Waals surface area contributed by atoms with E-state index >= 15 is 4.39 Å². The molecule has 0 aliphatic carbocycles. The highest BCUT2D eigenvalue weighted by Crippen LogP contribution is 2.46. The Bertz CT molecular complexity index is 5740. The number of aromatic nitrogens is 6. The second-order valence-corrected chi connectivity index (χ2v) is 39.7. The minimum atomic E-state index is -6.13. The van der Waals surface area contributed by atoms with Crippen molar-refractivity contribution in [2.45, 2.75) is 124 Å². The van der Waals surface area contributed by atoms with Gasteiger partial charge in [0.05, 0.1) is 51.6 Å². The van der Waals surface area contributed by atoms with Gasteiger partial charge in [0.2, 0.25) is 5.95 Å². The van der Waals surface area contributed by atoms with Gasteiger partial charge in [-0.15, -0.1) is 11.8 Å². The maximum Gasteiger partial charge on any atom is 0.501 e. The lowest BCUT2D eigenvalue weighted by molar-refractivity contribution is -0.150. The predicted octanol–water partition coefficient (Wildman–Crippen LogP) is 16.1. The van der Waals surface area contributed by atoms with Crippen molar-refractivity contribution in [2.75, 3.05) is 128 Å². The van der Waals surface area contributed by atoms with Crippen LogP contribution in [0.1, 0.15) is 89.5 Å². The molecule has 7 heterocycles. The number of piperidine rings is 1. The molecular formula is C84H98ClF6N14O11PS4. The third-order valence-electron chi connectivity index (χ3n) is 21.5. The lowest BCUT2D eigenvalue weighted by atomic mass is 9.96. The fraction of sp³-hybridized carbons (Fsp3) is 0.393. The average Bonchev–Trinajstić information content (AvgIpc) is 1.58. The molecule has 25 nitrogen and oxygen atoms in total. The van der Waals surface area contributed by atoms with E-state index in [1.54, 1.807) is 55.5 Å². The summed E-state index contributed by atoms with van der Waals surface area (Å²) < 4.78 is 193. The van der Waals surface area contributed by atoms with E-state index in [4.69, 9.17) is 26.1 Å². The van der Waals surface area contributed by atoms with Gasteiger partial charge in [-0.25, -0.2) is 58.4 Å². The number of aryl methyl sites for hydroxylation is 1. The molecule has 10 aromatic rings. The van der Waals surface area contributed by atoms with Crippen LogP contribution in [-0.2, 0) is 50.3 Å². The summed E-state index contributed by atoms with van der Waals surface area (Å²) in [5.41, 5.74) is -0.0791. The second-order valence-electron chi connectivity index (χ2n) is 30.8. The maximum absolute atomic E-state index is 15.8. The van der Waals surface area contributed by atoms with E-state index in [1.807, 2.05) is 102 Å². The number of hydrogen-bond acceptors (Lipinski definition) is 21. The molecule has 1 unspecified atom stereocenters. The highest BCUT2D eigenvalue weighted by atomic mass is 35.5. The lowest BCUT2D eigenvalue weighted by Gasteiger charge is -2.37. The van der Waals surface area contributed by atoms with Crippen molar-refractivity contribution >= 4 is 112 Å². The quantitative estimate of drug-likeness (QED) is 0.00918. The Hall–Kier alpha value is -9.13. The second kappa shape index (κ2) is 38.7. The number of pyridine rings is 1. The van der Waals surface area contributed by atoms with Crippen LogP contribution >= 0.6 is 31.0 Å². The number of benzene rings is 6. The van der Waals surface area contributed by atoms with E-state index < -0.39 is 99.8 Å². The highest BCUT2D eigenvalue weighted by Gasteiger charge is 2.49. The van der Waals surface area contributed by atoms with Crippen LogP contribution < -0.4 is 25.2 Å². The monoisotopic (exact) mass is 1790 g/mol. The third kappa shape index (κ3) is 22.6. The Morgan fingerprint density at radius 3 is 1.98 bits per heavy atom. The number of hydrogen-bond donors (Lipinski definition) is 5. The largest absolute Gasteiger partial charge is 0.501 e. The highest BCUT2D eigenvalue weighted by molar-refractivity contribution is 7.99. The van der Waals surface area contributed by atoms with Crippen LogP contribution in [0.5, 0.6) is 0 Å². The van der Waals surface area contributed by atoms with Crippen molar-refractivity contribution < 1.29 is 75.5 Å². The van der Waals surface area contributed by atoms with E-state index in [2.05, 4.69) is 56.9 Å². The Balaban J connectivity index is 0.000000299. The topological polar surface area (TPSA) is 300 Å². The van der Waals surface area contributed by atoms with Crippen LogP contribution in [-0.4, -0.2) is 200 Å².